The number of hydrogen-bond donors (Lipinski definition) is 1. The number of hydrogen-bond acceptors (Lipinski definition) is 1. The van der Waals surface area contributed by atoms with Gasteiger partial charge in [-0.15, -0.1) is 0 Å². The van der Waals surface area contributed by atoms with Crippen molar-refractivity contribution in [3.8, 4) is 0 Å². The van der Waals surface area contributed by atoms with Gasteiger partial charge in [-0.05, 0) is 61.6 Å². The van der Waals surface area contributed by atoms with Crippen molar-refractivity contribution in [2.75, 3.05) is 5.32 Å². The summed E-state index contributed by atoms with van der Waals surface area (Å²) in [5.41, 5.74) is 6.52. The number of benzene rings is 2. The van der Waals surface area contributed by atoms with E-state index in [0.717, 1.165) is 6.42 Å². The molecule has 1 heteroatoms. The van der Waals surface area contributed by atoms with Crippen LogP contribution in [0.5, 0.6) is 0 Å². The topological polar surface area (TPSA) is 12.0 Å². The second-order valence-corrected chi connectivity index (χ2v) is 5.34. The van der Waals surface area contributed by atoms with Gasteiger partial charge >= 0.3 is 0 Å². The number of aryl methyl sites for hydroxylation is 3. The molecule has 0 spiro atoms. The van der Waals surface area contributed by atoms with Gasteiger partial charge in [0, 0.05) is 11.7 Å². The Balaban J connectivity index is 2.13. The van der Waals surface area contributed by atoms with E-state index in [4.69, 9.17) is 0 Å². The van der Waals surface area contributed by atoms with Crippen LogP contribution in [0.1, 0.15) is 42.1 Å². The highest BCUT2D eigenvalue weighted by molar-refractivity contribution is 5.50. The summed E-state index contributed by atoms with van der Waals surface area (Å²) in [6.45, 7) is 8.67. The van der Waals surface area contributed by atoms with Crippen LogP contribution in [0.3, 0.4) is 0 Å². The molecule has 0 aliphatic rings. The van der Waals surface area contributed by atoms with E-state index in [1.165, 1.54) is 27.9 Å². The van der Waals surface area contributed by atoms with Gasteiger partial charge in [0.25, 0.3) is 0 Å². The van der Waals surface area contributed by atoms with Gasteiger partial charge in [-0.2, -0.15) is 0 Å². The largest absolute Gasteiger partial charge is 0.379 e. The molecule has 0 aromatic heterocycles. The minimum absolute atomic E-state index is 0.326. The molecule has 0 aliphatic heterocycles. The molecule has 0 amide bonds. The summed E-state index contributed by atoms with van der Waals surface area (Å²) in [5, 5.41) is 3.58. The highest BCUT2D eigenvalue weighted by atomic mass is 14.9. The van der Waals surface area contributed by atoms with Crippen molar-refractivity contribution in [1.29, 1.82) is 0 Å². The summed E-state index contributed by atoms with van der Waals surface area (Å²) >= 11 is 0. The molecule has 1 nitrogen and oxygen atoms in total. The molecule has 0 saturated carbocycles. The third-order valence-electron chi connectivity index (χ3n) is 3.49. The monoisotopic (exact) mass is 253 g/mol. The van der Waals surface area contributed by atoms with Gasteiger partial charge in [0.2, 0.25) is 0 Å². The average Bonchev–Trinajstić information content (AvgIpc) is 2.37. The molecular weight excluding hydrogens is 230 g/mol. The zero-order valence-electron chi connectivity index (χ0n) is 12.3. The third kappa shape index (κ3) is 3.60. The molecule has 1 atom stereocenters. The molecule has 0 aliphatic carbocycles. The zero-order valence-corrected chi connectivity index (χ0v) is 12.3. The maximum absolute atomic E-state index is 3.58. The Hall–Kier alpha value is -1.76. The number of rotatable bonds is 4. The third-order valence-corrected chi connectivity index (χ3v) is 3.49. The van der Waals surface area contributed by atoms with Crippen LogP contribution < -0.4 is 5.32 Å². The van der Waals surface area contributed by atoms with E-state index in [9.17, 15) is 0 Å². The van der Waals surface area contributed by atoms with Crippen LogP contribution in [0.4, 0.5) is 5.69 Å². The highest BCUT2D eigenvalue weighted by Gasteiger charge is 2.05. The fraction of sp³-hybridized carbons (Fsp3) is 0.333. The molecule has 0 radical (unpaired) electrons. The molecule has 0 saturated heterocycles. The molecule has 2 aromatic rings. The summed E-state index contributed by atoms with van der Waals surface area (Å²) in [4.78, 5) is 0. The summed E-state index contributed by atoms with van der Waals surface area (Å²) in [6.07, 6.45) is 1.10. The molecule has 100 valence electrons. The lowest BCUT2D eigenvalue weighted by Gasteiger charge is -2.17. The molecule has 0 heterocycles. The quantitative estimate of drug-likeness (QED) is 0.805. The lowest BCUT2D eigenvalue weighted by Crippen LogP contribution is -2.07. The summed E-state index contributed by atoms with van der Waals surface area (Å²) in [7, 11) is 0. The van der Waals surface area contributed by atoms with Gasteiger partial charge < -0.3 is 5.32 Å². The fourth-order valence-corrected chi connectivity index (χ4v) is 2.43. The Kier molecular flexibility index (Phi) is 4.26. The highest BCUT2D eigenvalue weighted by Crippen LogP contribution is 2.21. The molecule has 19 heavy (non-hydrogen) atoms. The lowest BCUT2D eigenvalue weighted by atomic mass is 10.0. The summed E-state index contributed by atoms with van der Waals surface area (Å²) < 4.78 is 0. The molecule has 0 fully saturated rings. The first-order valence-corrected chi connectivity index (χ1v) is 7.02. The summed E-state index contributed by atoms with van der Waals surface area (Å²) in [6, 6.07) is 15.8. The summed E-state index contributed by atoms with van der Waals surface area (Å²) in [5.74, 6) is 0. The van der Waals surface area contributed by atoms with Crippen LogP contribution in [0, 0.1) is 13.8 Å². The standard InChI is InChI=1S/C18H23N/c1-5-16-6-8-17(9-7-16)15(4)19-18-11-13(2)10-14(3)12-18/h6-12,15,19H,5H2,1-4H3. The van der Waals surface area contributed by atoms with E-state index in [2.05, 4.69) is 75.5 Å². The average molecular weight is 253 g/mol. The smallest absolute Gasteiger partial charge is 0.0485 e. The predicted octanol–water partition coefficient (Wildman–Crippen LogP) is 5.04. The SMILES string of the molecule is CCc1ccc(C(C)Nc2cc(C)cc(C)c2)cc1. The van der Waals surface area contributed by atoms with E-state index >= 15 is 0 Å². The number of nitrogens with one attached hydrogen (secondary N) is 1. The first-order valence-electron chi connectivity index (χ1n) is 7.02. The van der Waals surface area contributed by atoms with Gasteiger partial charge in [-0.1, -0.05) is 37.3 Å². The first kappa shape index (κ1) is 13.7. The molecule has 2 aromatic carbocycles. The van der Waals surface area contributed by atoms with Crippen molar-refractivity contribution >= 4 is 5.69 Å². The lowest BCUT2D eigenvalue weighted by molar-refractivity contribution is 0.882. The van der Waals surface area contributed by atoms with Crippen molar-refractivity contribution in [3.05, 3.63) is 64.7 Å². The van der Waals surface area contributed by atoms with Crippen molar-refractivity contribution < 1.29 is 0 Å². The van der Waals surface area contributed by atoms with E-state index in [0.29, 0.717) is 6.04 Å². The zero-order chi connectivity index (χ0) is 13.8. The molecule has 0 bridgehead atoms. The Morgan fingerprint density at radius 3 is 2.05 bits per heavy atom. The van der Waals surface area contributed by atoms with Gasteiger partial charge in [-0.3, -0.25) is 0 Å². The van der Waals surface area contributed by atoms with Crippen molar-refractivity contribution in [2.24, 2.45) is 0 Å². The Bertz CT molecular complexity index is 520. The van der Waals surface area contributed by atoms with Crippen molar-refractivity contribution in [3.63, 3.8) is 0 Å². The van der Waals surface area contributed by atoms with Gasteiger partial charge in [0.1, 0.15) is 0 Å². The van der Waals surface area contributed by atoms with Crippen LogP contribution in [0.15, 0.2) is 42.5 Å². The molecular formula is C18H23N. The molecule has 1 unspecified atom stereocenters. The molecule has 1 N–H and O–H groups in total. The predicted molar refractivity (Wildman–Crippen MR) is 83.8 cm³/mol. The van der Waals surface area contributed by atoms with Crippen molar-refractivity contribution in [2.45, 2.75) is 40.2 Å². The van der Waals surface area contributed by atoms with Crippen LogP contribution in [0.2, 0.25) is 0 Å². The Labute approximate surface area is 116 Å². The first-order chi connectivity index (χ1) is 9.08. The van der Waals surface area contributed by atoms with E-state index in [1.54, 1.807) is 0 Å². The maximum atomic E-state index is 3.58. The Morgan fingerprint density at radius 2 is 1.53 bits per heavy atom. The van der Waals surface area contributed by atoms with Gasteiger partial charge in [-0.25, -0.2) is 0 Å². The Morgan fingerprint density at radius 1 is 0.947 bits per heavy atom. The van der Waals surface area contributed by atoms with Crippen LogP contribution in [0.25, 0.3) is 0 Å². The van der Waals surface area contributed by atoms with Crippen LogP contribution in [-0.4, -0.2) is 0 Å². The minimum atomic E-state index is 0.326. The van der Waals surface area contributed by atoms with Crippen molar-refractivity contribution in [1.82, 2.24) is 0 Å². The number of anilines is 1. The van der Waals surface area contributed by atoms with E-state index in [1.807, 2.05) is 0 Å². The fourth-order valence-electron chi connectivity index (χ4n) is 2.43. The van der Waals surface area contributed by atoms with Gasteiger partial charge in [0.15, 0.2) is 0 Å². The maximum Gasteiger partial charge on any atom is 0.0485 e. The van der Waals surface area contributed by atoms with E-state index in [-0.39, 0.29) is 0 Å². The normalized spacial score (nSPS) is 12.2. The van der Waals surface area contributed by atoms with Crippen LogP contribution in [-0.2, 0) is 6.42 Å². The van der Waals surface area contributed by atoms with E-state index < -0.39 is 0 Å². The second-order valence-electron chi connectivity index (χ2n) is 5.34. The second kappa shape index (κ2) is 5.92. The van der Waals surface area contributed by atoms with Gasteiger partial charge in [0.05, 0.1) is 0 Å². The van der Waals surface area contributed by atoms with Crippen LogP contribution >= 0.6 is 0 Å². The molecule has 2 rings (SSSR count). The minimum Gasteiger partial charge on any atom is -0.379 e.